The Morgan fingerprint density at radius 3 is 2.25 bits per heavy atom. The molecule has 0 amide bonds. The monoisotopic (exact) mass is 183 g/mol. The third kappa shape index (κ3) is 1.02. The van der Waals surface area contributed by atoms with Crippen LogP contribution in [-0.4, -0.2) is 0 Å². The van der Waals surface area contributed by atoms with Crippen LogP contribution >= 0.6 is 0 Å². The summed E-state index contributed by atoms with van der Waals surface area (Å²) in [7, 11) is 0. The van der Waals surface area contributed by atoms with Gasteiger partial charge in [0.05, 0.1) is 0 Å². The number of rotatable bonds is 0. The molecule has 0 radical (unpaired) electrons. The first-order valence-electron chi connectivity index (χ1n) is 2.80. The fraction of sp³-hybridized carbons (Fsp3) is 0.429. The summed E-state index contributed by atoms with van der Waals surface area (Å²) >= 11 is 1.58. The van der Waals surface area contributed by atoms with Gasteiger partial charge in [0.15, 0.2) is 0 Å². The quantitative estimate of drug-likeness (QED) is 0.541. The first-order chi connectivity index (χ1) is 3.72. The molecule has 0 saturated carbocycles. The Hall–Kier alpha value is 0.363. The van der Waals surface area contributed by atoms with Gasteiger partial charge in [0.25, 0.3) is 0 Å². The van der Waals surface area contributed by atoms with Crippen molar-refractivity contribution in [2.45, 2.75) is 20.3 Å². The second-order valence-electron chi connectivity index (χ2n) is 2.19. The number of hydrogen-bond acceptors (Lipinski definition) is 0. The summed E-state index contributed by atoms with van der Waals surface area (Å²) in [4.78, 5) is 0. The molecule has 0 aromatic carbocycles. The van der Waals surface area contributed by atoms with Crippen molar-refractivity contribution in [1.29, 1.82) is 0 Å². The Balaban J connectivity index is 2.88. The van der Waals surface area contributed by atoms with Gasteiger partial charge in [-0.3, -0.25) is 0 Å². The molecule has 8 heavy (non-hydrogen) atoms. The zero-order chi connectivity index (χ0) is 6.15. The van der Waals surface area contributed by atoms with Crippen molar-refractivity contribution in [3.05, 3.63) is 20.5 Å². The molecule has 0 saturated heterocycles. The van der Waals surface area contributed by atoms with Gasteiger partial charge in [-0.25, -0.2) is 0 Å². The van der Waals surface area contributed by atoms with E-state index in [0.29, 0.717) is 0 Å². The van der Waals surface area contributed by atoms with Crippen LogP contribution in [0.25, 0.3) is 0 Å². The molecule has 1 heteroatoms. The van der Waals surface area contributed by atoms with E-state index in [1.807, 2.05) is 0 Å². The summed E-state index contributed by atoms with van der Waals surface area (Å²) in [6.45, 7) is 4.40. The fourth-order valence-electron chi connectivity index (χ4n) is 0.799. The van der Waals surface area contributed by atoms with Gasteiger partial charge in [-0.2, -0.15) is 0 Å². The van der Waals surface area contributed by atoms with Gasteiger partial charge in [0, 0.05) is 0 Å². The maximum atomic E-state index is 2.30. The van der Waals surface area contributed by atoms with Crippen LogP contribution in [0.15, 0.2) is 20.5 Å². The summed E-state index contributed by atoms with van der Waals surface area (Å²) in [6.07, 6.45) is 3.52. The van der Waals surface area contributed by atoms with Crippen molar-refractivity contribution in [3.8, 4) is 0 Å². The molecule has 0 unspecified atom stereocenters. The van der Waals surface area contributed by atoms with E-state index in [2.05, 4.69) is 19.9 Å². The summed E-state index contributed by atoms with van der Waals surface area (Å²) in [5, 5.41) is 0. The Morgan fingerprint density at radius 2 is 2.12 bits per heavy atom. The third-order valence-electron chi connectivity index (χ3n) is 1.66. The van der Waals surface area contributed by atoms with E-state index in [1.54, 1.807) is 28.0 Å². The van der Waals surface area contributed by atoms with Gasteiger partial charge < -0.3 is 0 Å². The molecule has 0 fully saturated rings. The van der Waals surface area contributed by atoms with Crippen LogP contribution in [0.5, 0.6) is 0 Å². The van der Waals surface area contributed by atoms with Crippen molar-refractivity contribution in [1.82, 2.24) is 0 Å². The van der Waals surface area contributed by atoms with Gasteiger partial charge >= 0.3 is 65.5 Å². The topological polar surface area (TPSA) is 0 Å². The van der Waals surface area contributed by atoms with Crippen molar-refractivity contribution < 1.29 is 24.7 Å². The predicted octanol–water partition coefficient (Wildman–Crippen LogP) is 2.16. The van der Waals surface area contributed by atoms with Crippen LogP contribution in [0, 0.1) is 0 Å². The molecule has 1 rings (SSSR count). The molecule has 0 aliphatic heterocycles. The summed E-state index contributed by atoms with van der Waals surface area (Å²) in [5.74, 6) is 0. The Morgan fingerprint density at radius 1 is 1.50 bits per heavy atom. The summed E-state index contributed by atoms with van der Waals surface area (Å²) in [6, 6.07) is 0. The Kier molecular flexibility index (Phi) is 1.87. The average molecular weight is 184 g/mol. The first kappa shape index (κ1) is 6.48. The molecule has 0 aromatic rings. The molecule has 0 N–H and O–H groups in total. The molecule has 0 aromatic heterocycles. The first-order valence-corrected chi connectivity index (χ1v) is 4.03. The van der Waals surface area contributed by atoms with Crippen LogP contribution < -0.4 is 0 Å². The zero-order valence-electron chi connectivity index (χ0n) is 5.28. The van der Waals surface area contributed by atoms with E-state index < -0.39 is 0 Å². The van der Waals surface area contributed by atoms with Crippen LogP contribution in [0.1, 0.15) is 20.3 Å². The molecule has 1 aliphatic rings. The summed E-state index contributed by atoms with van der Waals surface area (Å²) in [5.41, 5.74) is 3.01. The normalized spacial score (nSPS) is 19.4. The van der Waals surface area contributed by atoms with Crippen LogP contribution in [0.4, 0.5) is 0 Å². The van der Waals surface area contributed by atoms with E-state index in [9.17, 15) is 0 Å². The van der Waals surface area contributed by atoms with Crippen LogP contribution in [-0.2, 0) is 24.7 Å². The van der Waals surface area contributed by atoms with Gasteiger partial charge in [0.1, 0.15) is 0 Å². The third-order valence-corrected chi connectivity index (χ3v) is 3.08. The van der Waals surface area contributed by atoms with E-state index in [-0.39, 0.29) is 0 Å². The van der Waals surface area contributed by atoms with E-state index >= 15 is 0 Å². The molecule has 0 atom stereocenters. The average Bonchev–Trinajstić information content (AvgIpc) is 1.98. The molecule has 41 valence electrons. The van der Waals surface area contributed by atoms with E-state index in [1.165, 1.54) is 17.6 Å². The van der Waals surface area contributed by atoms with Gasteiger partial charge in [0.2, 0.25) is 0 Å². The second-order valence-corrected chi connectivity index (χ2v) is 3.68. The minimum atomic E-state index is 1.22. The molecular weight excluding hydrogens is 175 g/mol. The fourth-order valence-corrected chi connectivity index (χ4v) is 1.53. The van der Waals surface area contributed by atoms with Crippen molar-refractivity contribution in [2.75, 3.05) is 0 Å². The van der Waals surface area contributed by atoms with E-state index in [0.717, 1.165) is 0 Å². The zero-order valence-corrected chi connectivity index (χ0v) is 7.74. The molecule has 0 nitrogen and oxygen atoms in total. The Labute approximate surface area is 65.5 Å². The van der Waals surface area contributed by atoms with Crippen molar-refractivity contribution in [2.24, 2.45) is 0 Å². The maximum absolute atomic E-state index is 2.30. The standard InChI is InChI=1S/C7H9.Zr/c1-6-4-3-5-7(6)2;/h4H,3H2,1-2H3;. The second kappa shape index (κ2) is 2.31. The van der Waals surface area contributed by atoms with Gasteiger partial charge in [-0.15, -0.1) is 0 Å². The molecular formula is C7H9Zr. The van der Waals surface area contributed by atoms with Crippen LogP contribution in [0.3, 0.4) is 0 Å². The van der Waals surface area contributed by atoms with Gasteiger partial charge in [-0.1, -0.05) is 0 Å². The summed E-state index contributed by atoms with van der Waals surface area (Å²) < 4.78 is 1.62. The Bertz CT molecular complexity index is 158. The van der Waals surface area contributed by atoms with Crippen molar-refractivity contribution >= 4 is 0 Å². The molecule has 0 spiro atoms. The predicted molar refractivity (Wildman–Crippen MR) is 31.1 cm³/mol. The van der Waals surface area contributed by atoms with Gasteiger partial charge in [-0.05, 0) is 0 Å². The molecule has 0 bridgehead atoms. The number of allylic oxidation sites excluding steroid dienone is 4. The van der Waals surface area contributed by atoms with E-state index in [4.69, 9.17) is 0 Å². The minimum absolute atomic E-state index is 1.22. The molecule has 1 aliphatic carbocycles. The SMILES string of the molecule is CC1=CC[C]([Zr])=C1C. The van der Waals surface area contributed by atoms with Crippen molar-refractivity contribution in [3.63, 3.8) is 0 Å². The number of hydrogen-bond donors (Lipinski definition) is 0. The van der Waals surface area contributed by atoms with Crippen LogP contribution in [0.2, 0.25) is 0 Å². The molecule has 0 heterocycles.